The van der Waals surface area contributed by atoms with Crippen LogP contribution in [0.5, 0.6) is 0 Å². The second-order valence-electron chi connectivity index (χ2n) is 5.58. The molecule has 1 aromatic carbocycles. The van der Waals surface area contributed by atoms with Gasteiger partial charge in [-0.3, -0.25) is 9.69 Å². The van der Waals surface area contributed by atoms with Gasteiger partial charge in [-0.15, -0.1) is 0 Å². The number of nitrogens with zero attached hydrogens (tertiary/aromatic N) is 2. The van der Waals surface area contributed by atoms with Crippen molar-refractivity contribution in [1.82, 2.24) is 9.88 Å². The number of aryl methyl sites for hydroxylation is 1. The van der Waals surface area contributed by atoms with Crippen molar-refractivity contribution in [2.45, 2.75) is 6.92 Å². The third-order valence-corrected chi connectivity index (χ3v) is 4.20. The Bertz CT molecular complexity index is 687. The molecule has 21 heavy (non-hydrogen) atoms. The van der Waals surface area contributed by atoms with Gasteiger partial charge in [0, 0.05) is 32.7 Å². The van der Waals surface area contributed by atoms with Gasteiger partial charge in [0.1, 0.15) is 5.82 Å². The SMILES string of the molecule is Cc1cccc2cc(N3CCN(CCO)CC3)[nH]c(=O)c12. The lowest BCUT2D eigenvalue weighted by Crippen LogP contribution is -2.47. The first kappa shape index (κ1) is 14.1. The molecule has 5 heteroatoms. The van der Waals surface area contributed by atoms with Gasteiger partial charge in [0.15, 0.2) is 0 Å². The molecule has 5 nitrogen and oxygen atoms in total. The van der Waals surface area contributed by atoms with Crippen molar-refractivity contribution in [2.24, 2.45) is 0 Å². The summed E-state index contributed by atoms with van der Waals surface area (Å²) in [6.07, 6.45) is 0. The highest BCUT2D eigenvalue weighted by molar-refractivity contribution is 5.86. The van der Waals surface area contributed by atoms with Gasteiger partial charge in [0.2, 0.25) is 0 Å². The van der Waals surface area contributed by atoms with Gasteiger partial charge in [-0.25, -0.2) is 0 Å². The molecule has 112 valence electrons. The first-order valence-corrected chi connectivity index (χ1v) is 7.40. The van der Waals surface area contributed by atoms with Gasteiger partial charge in [0.05, 0.1) is 12.0 Å². The number of hydrogen-bond donors (Lipinski definition) is 2. The molecule has 0 unspecified atom stereocenters. The molecular formula is C16H21N3O2. The van der Waals surface area contributed by atoms with E-state index in [0.29, 0.717) is 0 Å². The van der Waals surface area contributed by atoms with Crippen molar-refractivity contribution in [1.29, 1.82) is 0 Å². The normalized spacial score (nSPS) is 16.6. The standard InChI is InChI=1S/C16H21N3O2/c1-12-3-2-4-13-11-14(17-16(21)15(12)13)19-7-5-18(6-8-19)9-10-20/h2-4,11,20H,5-10H2,1H3,(H,17,21). The topological polar surface area (TPSA) is 59.6 Å². The summed E-state index contributed by atoms with van der Waals surface area (Å²) in [5.41, 5.74) is 0.992. The summed E-state index contributed by atoms with van der Waals surface area (Å²) in [6.45, 7) is 6.45. The zero-order valence-electron chi connectivity index (χ0n) is 12.3. The highest BCUT2D eigenvalue weighted by Gasteiger charge is 2.18. The molecule has 2 heterocycles. The number of aromatic amines is 1. The molecule has 0 amide bonds. The molecule has 1 aliphatic rings. The number of nitrogens with one attached hydrogen (secondary N) is 1. The van der Waals surface area contributed by atoms with Gasteiger partial charge < -0.3 is 15.0 Å². The lowest BCUT2D eigenvalue weighted by atomic mass is 10.1. The molecule has 1 fully saturated rings. The second kappa shape index (κ2) is 5.87. The average Bonchev–Trinajstić information content (AvgIpc) is 2.48. The minimum atomic E-state index is -0.0154. The first-order valence-electron chi connectivity index (χ1n) is 7.40. The van der Waals surface area contributed by atoms with E-state index in [1.807, 2.05) is 25.1 Å². The Balaban J connectivity index is 1.87. The van der Waals surface area contributed by atoms with Gasteiger partial charge in [-0.05, 0) is 23.9 Å². The summed E-state index contributed by atoms with van der Waals surface area (Å²) in [4.78, 5) is 19.8. The van der Waals surface area contributed by atoms with Crippen molar-refractivity contribution in [3.63, 3.8) is 0 Å². The third-order valence-electron chi connectivity index (χ3n) is 4.20. The van der Waals surface area contributed by atoms with Gasteiger partial charge in [0.25, 0.3) is 5.56 Å². The number of aliphatic hydroxyl groups is 1. The van der Waals surface area contributed by atoms with Crippen molar-refractivity contribution in [3.05, 3.63) is 40.2 Å². The van der Waals surface area contributed by atoms with Crippen molar-refractivity contribution in [2.75, 3.05) is 44.2 Å². The maximum Gasteiger partial charge on any atom is 0.257 e. The van der Waals surface area contributed by atoms with Gasteiger partial charge >= 0.3 is 0 Å². The van der Waals surface area contributed by atoms with Crippen molar-refractivity contribution >= 4 is 16.6 Å². The van der Waals surface area contributed by atoms with E-state index in [9.17, 15) is 4.79 Å². The number of aliphatic hydroxyl groups excluding tert-OH is 1. The number of pyridine rings is 1. The van der Waals surface area contributed by atoms with Crippen LogP contribution >= 0.6 is 0 Å². The Morgan fingerprint density at radius 3 is 2.71 bits per heavy atom. The molecule has 1 aliphatic heterocycles. The predicted molar refractivity (Wildman–Crippen MR) is 85.0 cm³/mol. The Labute approximate surface area is 123 Å². The summed E-state index contributed by atoms with van der Waals surface area (Å²) in [5, 5.41) is 10.7. The van der Waals surface area contributed by atoms with Crippen LogP contribution in [0.3, 0.4) is 0 Å². The summed E-state index contributed by atoms with van der Waals surface area (Å²) in [7, 11) is 0. The molecule has 0 aliphatic carbocycles. The quantitative estimate of drug-likeness (QED) is 0.882. The highest BCUT2D eigenvalue weighted by atomic mass is 16.3. The molecular weight excluding hydrogens is 266 g/mol. The first-order chi connectivity index (χ1) is 10.2. The zero-order chi connectivity index (χ0) is 14.8. The van der Waals surface area contributed by atoms with E-state index in [-0.39, 0.29) is 12.2 Å². The highest BCUT2D eigenvalue weighted by Crippen LogP contribution is 2.20. The fourth-order valence-corrected chi connectivity index (χ4v) is 3.01. The Hall–Kier alpha value is -1.85. The van der Waals surface area contributed by atoms with Crippen LogP contribution < -0.4 is 10.5 Å². The largest absolute Gasteiger partial charge is 0.395 e. The summed E-state index contributed by atoms with van der Waals surface area (Å²) in [5.74, 6) is 0.891. The summed E-state index contributed by atoms with van der Waals surface area (Å²) in [6, 6.07) is 8.00. The Morgan fingerprint density at radius 2 is 2.00 bits per heavy atom. The van der Waals surface area contributed by atoms with Crippen LogP contribution in [-0.4, -0.2) is 54.3 Å². The van der Waals surface area contributed by atoms with Crippen LogP contribution in [0.4, 0.5) is 5.82 Å². The average molecular weight is 287 g/mol. The Morgan fingerprint density at radius 1 is 1.24 bits per heavy atom. The van der Waals surface area contributed by atoms with E-state index in [2.05, 4.69) is 20.9 Å². The zero-order valence-corrected chi connectivity index (χ0v) is 12.3. The second-order valence-corrected chi connectivity index (χ2v) is 5.58. The number of benzene rings is 1. The van der Waals surface area contributed by atoms with Crippen molar-refractivity contribution in [3.8, 4) is 0 Å². The molecule has 0 spiro atoms. The van der Waals surface area contributed by atoms with Crippen LogP contribution in [0.2, 0.25) is 0 Å². The molecule has 2 aromatic rings. The fourth-order valence-electron chi connectivity index (χ4n) is 3.01. The molecule has 0 saturated carbocycles. The molecule has 2 N–H and O–H groups in total. The lowest BCUT2D eigenvalue weighted by molar-refractivity contribution is 0.188. The number of H-pyrrole nitrogens is 1. The third kappa shape index (κ3) is 2.80. The van der Waals surface area contributed by atoms with Gasteiger partial charge in [-0.2, -0.15) is 0 Å². The monoisotopic (exact) mass is 287 g/mol. The van der Waals surface area contributed by atoms with E-state index in [1.165, 1.54) is 0 Å². The maximum atomic E-state index is 12.3. The van der Waals surface area contributed by atoms with Crippen LogP contribution in [-0.2, 0) is 0 Å². The molecule has 3 rings (SSSR count). The van der Waals surface area contributed by atoms with Crippen LogP contribution in [0, 0.1) is 6.92 Å². The van der Waals surface area contributed by atoms with Gasteiger partial charge in [-0.1, -0.05) is 18.2 Å². The van der Waals surface area contributed by atoms with E-state index in [0.717, 1.165) is 54.9 Å². The fraction of sp³-hybridized carbons (Fsp3) is 0.438. The minimum absolute atomic E-state index is 0.0154. The molecule has 1 aromatic heterocycles. The number of aromatic nitrogens is 1. The maximum absolute atomic E-state index is 12.3. The van der Waals surface area contributed by atoms with Crippen LogP contribution in [0.25, 0.3) is 10.8 Å². The number of hydrogen-bond acceptors (Lipinski definition) is 4. The minimum Gasteiger partial charge on any atom is -0.395 e. The smallest absolute Gasteiger partial charge is 0.257 e. The van der Waals surface area contributed by atoms with Crippen LogP contribution in [0.15, 0.2) is 29.1 Å². The number of piperazine rings is 1. The molecule has 0 bridgehead atoms. The Kier molecular flexibility index (Phi) is 3.94. The lowest BCUT2D eigenvalue weighted by Gasteiger charge is -2.35. The van der Waals surface area contributed by atoms with Crippen LogP contribution in [0.1, 0.15) is 5.56 Å². The molecule has 0 radical (unpaired) electrons. The number of fused-ring (bicyclic) bond motifs is 1. The predicted octanol–water partition coefficient (Wildman–Crippen LogP) is 0.951. The number of β-amino-alcohol motifs (C(OH)–C–C–N with tert-alkyl or cyclic N) is 1. The molecule has 1 saturated heterocycles. The molecule has 0 atom stereocenters. The van der Waals surface area contributed by atoms with E-state index < -0.39 is 0 Å². The summed E-state index contributed by atoms with van der Waals surface area (Å²) < 4.78 is 0. The number of rotatable bonds is 3. The van der Waals surface area contributed by atoms with E-state index in [4.69, 9.17) is 5.11 Å². The summed E-state index contributed by atoms with van der Waals surface area (Å²) >= 11 is 0. The van der Waals surface area contributed by atoms with E-state index in [1.54, 1.807) is 0 Å². The number of anilines is 1. The van der Waals surface area contributed by atoms with E-state index >= 15 is 0 Å². The van der Waals surface area contributed by atoms with Crippen molar-refractivity contribution < 1.29 is 5.11 Å².